The summed E-state index contributed by atoms with van der Waals surface area (Å²) in [6.07, 6.45) is 2.87. The summed E-state index contributed by atoms with van der Waals surface area (Å²) in [6.45, 7) is 1.75. The van der Waals surface area contributed by atoms with Crippen LogP contribution in [0.1, 0.15) is 16.1 Å². The van der Waals surface area contributed by atoms with Crippen molar-refractivity contribution in [3.05, 3.63) is 46.0 Å². The summed E-state index contributed by atoms with van der Waals surface area (Å²) in [5, 5.41) is 3.08. The smallest absolute Gasteiger partial charge is 0.261 e. The van der Waals surface area contributed by atoms with Crippen LogP contribution in [0.15, 0.2) is 24.5 Å². The van der Waals surface area contributed by atoms with E-state index in [1.807, 2.05) is 0 Å². The van der Waals surface area contributed by atoms with Gasteiger partial charge in [-0.3, -0.25) is 15.1 Å². The number of aromatic nitrogens is 3. The standard InChI is InChI=1S/C11H8Cl2N4O/c1-6-4-9(13)16-11(15-6)17-10(18)7-5-14-3-2-8(7)12/h2-5H,1H3,(H,15,16,17,18). The average Bonchev–Trinajstić information content (AvgIpc) is 2.27. The first-order valence-electron chi connectivity index (χ1n) is 4.98. The summed E-state index contributed by atoms with van der Waals surface area (Å²) >= 11 is 11.7. The van der Waals surface area contributed by atoms with Crippen LogP contribution < -0.4 is 5.32 Å². The molecular weight excluding hydrogens is 275 g/mol. The first kappa shape index (κ1) is 12.7. The number of rotatable bonds is 2. The van der Waals surface area contributed by atoms with Crippen molar-refractivity contribution >= 4 is 35.1 Å². The molecule has 1 amide bonds. The molecule has 0 saturated carbocycles. The molecule has 0 fully saturated rings. The highest BCUT2D eigenvalue weighted by atomic mass is 35.5. The Morgan fingerprint density at radius 2 is 2.11 bits per heavy atom. The third-order valence-electron chi connectivity index (χ3n) is 2.06. The molecule has 0 atom stereocenters. The van der Waals surface area contributed by atoms with E-state index >= 15 is 0 Å². The van der Waals surface area contributed by atoms with Crippen LogP contribution in [0.2, 0.25) is 10.2 Å². The zero-order valence-electron chi connectivity index (χ0n) is 9.32. The molecule has 2 rings (SSSR count). The predicted molar refractivity (Wildman–Crippen MR) is 69.0 cm³/mol. The van der Waals surface area contributed by atoms with Crippen molar-refractivity contribution in [3.8, 4) is 0 Å². The predicted octanol–water partition coefficient (Wildman–Crippen LogP) is 2.74. The lowest BCUT2D eigenvalue weighted by molar-refractivity contribution is 0.102. The van der Waals surface area contributed by atoms with E-state index in [2.05, 4.69) is 20.3 Å². The number of aryl methyl sites for hydroxylation is 1. The molecule has 18 heavy (non-hydrogen) atoms. The Bertz CT molecular complexity index is 583. The number of pyridine rings is 1. The molecule has 92 valence electrons. The van der Waals surface area contributed by atoms with Gasteiger partial charge in [-0.2, -0.15) is 0 Å². The van der Waals surface area contributed by atoms with Crippen LogP contribution >= 0.6 is 23.2 Å². The Kier molecular flexibility index (Phi) is 3.74. The summed E-state index contributed by atoms with van der Waals surface area (Å²) in [5.41, 5.74) is 0.906. The Labute approximate surface area is 113 Å². The highest BCUT2D eigenvalue weighted by molar-refractivity contribution is 6.34. The minimum Gasteiger partial charge on any atom is -0.290 e. The largest absolute Gasteiger partial charge is 0.290 e. The normalized spacial score (nSPS) is 10.2. The molecule has 7 heteroatoms. The lowest BCUT2D eigenvalue weighted by Crippen LogP contribution is -2.15. The van der Waals surface area contributed by atoms with E-state index < -0.39 is 5.91 Å². The van der Waals surface area contributed by atoms with E-state index in [0.29, 0.717) is 10.7 Å². The van der Waals surface area contributed by atoms with Gasteiger partial charge >= 0.3 is 0 Å². The highest BCUT2D eigenvalue weighted by Crippen LogP contribution is 2.15. The third kappa shape index (κ3) is 2.94. The Hall–Kier alpha value is -1.72. The van der Waals surface area contributed by atoms with Gasteiger partial charge in [-0.15, -0.1) is 0 Å². The Balaban J connectivity index is 2.24. The zero-order valence-corrected chi connectivity index (χ0v) is 10.8. The fourth-order valence-electron chi connectivity index (χ4n) is 1.30. The molecule has 0 aromatic carbocycles. The number of anilines is 1. The molecule has 0 saturated heterocycles. The number of amides is 1. The maximum absolute atomic E-state index is 11.9. The number of hydrogen-bond acceptors (Lipinski definition) is 4. The fourth-order valence-corrected chi connectivity index (χ4v) is 1.73. The molecule has 2 aromatic rings. The molecule has 5 nitrogen and oxygen atoms in total. The molecule has 0 unspecified atom stereocenters. The van der Waals surface area contributed by atoms with Crippen molar-refractivity contribution in [3.63, 3.8) is 0 Å². The van der Waals surface area contributed by atoms with Gasteiger partial charge in [0.15, 0.2) is 0 Å². The number of carbonyl (C=O) groups excluding carboxylic acids is 1. The summed E-state index contributed by atoms with van der Waals surface area (Å²) in [4.78, 5) is 23.7. The number of halogens is 2. The van der Waals surface area contributed by atoms with Gasteiger partial charge in [-0.25, -0.2) is 9.97 Å². The topological polar surface area (TPSA) is 67.8 Å². The van der Waals surface area contributed by atoms with Gasteiger partial charge in [-0.1, -0.05) is 23.2 Å². The maximum Gasteiger partial charge on any atom is 0.261 e. The van der Waals surface area contributed by atoms with Gasteiger partial charge in [0.25, 0.3) is 5.91 Å². The molecule has 2 heterocycles. The Morgan fingerprint density at radius 1 is 1.33 bits per heavy atom. The second kappa shape index (κ2) is 5.29. The molecule has 1 N–H and O–H groups in total. The fraction of sp³-hybridized carbons (Fsp3) is 0.0909. The lowest BCUT2D eigenvalue weighted by atomic mass is 10.3. The van der Waals surface area contributed by atoms with Crippen LogP contribution in [0.4, 0.5) is 5.95 Å². The van der Waals surface area contributed by atoms with E-state index in [0.717, 1.165) is 0 Å². The second-order valence-corrected chi connectivity index (χ2v) is 4.26. The van der Waals surface area contributed by atoms with E-state index in [1.54, 1.807) is 13.0 Å². The van der Waals surface area contributed by atoms with Crippen molar-refractivity contribution in [2.24, 2.45) is 0 Å². The number of carbonyl (C=O) groups is 1. The SMILES string of the molecule is Cc1cc(Cl)nc(NC(=O)c2cnccc2Cl)n1. The first-order valence-corrected chi connectivity index (χ1v) is 5.74. The van der Waals surface area contributed by atoms with Crippen LogP contribution in [-0.4, -0.2) is 20.9 Å². The molecule has 2 aromatic heterocycles. The molecule has 0 bridgehead atoms. The maximum atomic E-state index is 11.9. The summed E-state index contributed by atoms with van der Waals surface area (Å²) in [7, 11) is 0. The summed E-state index contributed by atoms with van der Waals surface area (Å²) in [6, 6.07) is 3.12. The van der Waals surface area contributed by atoms with E-state index in [-0.39, 0.29) is 16.7 Å². The van der Waals surface area contributed by atoms with Crippen LogP contribution in [0.5, 0.6) is 0 Å². The van der Waals surface area contributed by atoms with Crippen LogP contribution in [0.3, 0.4) is 0 Å². The molecular formula is C11H8Cl2N4O. The molecule has 0 spiro atoms. The summed E-state index contributed by atoms with van der Waals surface area (Å²) in [5.74, 6) is -0.306. The second-order valence-electron chi connectivity index (χ2n) is 3.47. The Morgan fingerprint density at radius 3 is 2.78 bits per heavy atom. The van der Waals surface area contributed by atoms with Gasteiger partial charge in [0.2, 0.25) is 5.95 Å². The van der Waals surface area contributed by atoms with Crippen molar-refractivity contribution in [1.82, 2.24) is 15.0 Å². The molecule has 0 radical (unpaired) electrons. The van der Waals surface area contributed by atoms with Crippen LogP contribution in [-0.2, 0) is 0 Å². The van der Waals surface area contributed by atoms with Crippen molar-refractivity contribution in [2.75, 3.05) is 5.32 Å². The van der Waals surface area contributed by atoms with Crippen molar-refractivity contribution in [2.45, 2.75) is 6.92 Å². The minimum atomic E-state index is -0.435. The molecule has 0 aliphatic carbocycles. The molecule has 0 aliphatic rings. The van der Waals surface area contributed by atoms with E-state index in [1.165, 1.54) is 18.5 Å². The first-order chi connectivity index (χ1) is 8.56. The van der Waals surface area contributed by atoms with Gasteiger partial charge in [0.05, 0.1) is 10.6 Å². The average molecular weight is 283 g/mol. The lowest BCUT2D eigenvalue weighted by Gasteiger charge is -2.05. The van der Waals surface area contributed by atoms with Gasteiger partial charge in [0.1, 0.15) is 5.15 Å². The quantitative estimate of drug-likeness (QED) is 0.860. The van der Waals surface area contributed by atoms with Crippen molar-refractivity contribution < 1.29 is 4.79 Å². The third-order valence-corrected chi connectivity index (χ3v) is 2.58. The van der Waals surface area contributed by atoms with Gasteiger partial charge in [-0.05, 0) is 19.1 Å². The van der Waals surface area contributed by atoms with Crippen LogP contribution in [0.25, 0.3) is 0 Å². The van der Waals surface area contributed by atoms with Crippen molar-refractivity contribution in [1.29, 1.82) is 0 Å². The van der Waals surface area contributed by atoms with E-state index in [4.69, 9.17) is 23.2 Å². The monoisotopic (exact) mass is 282 g/mol. The number of nitrogens with one attached hydrogen (secondary N) is 1. The number of hydrogen-bond donors (Lipinski definition) is 1. The zero-order chi connectivity index (χ0) is 13.1. The number of nitrogens with zero attached hydrogens (tertiary/aromatic N) is 3. The molecule has 0 aliphatic heterocycles. The summed E-state index contributed by atoms with van der Waals surface area (Å²) < 4.78 is 0. The van der Waals surface area contributed by atoms with Gasteiger partial charge < -0.3 is 0 Å². The minimum absolute atomic E-state index is 0.130. The highest BCUT2D eigenvalue weighted by Gasteiger charge is 2.12. The van der Waals surface area contributed by atoms with Crippen LogP contribution in [0, 0.1) is 6.92 Å². The van der Waals surface area contributed by atoms with E-state index in [9.17, 15) is 4.79 Å². The van der Waals surface area contributed by atoms with Gasteiger partial charge in [0, 0.05) is 18.1 Å².